The first-order valence-electron chi connectivity index (χ1n) is 5.16. The molecule has 1 unspecified atom stereocenters. The number of ether oxygens (including phenoxy) is 1. The number of rotatable bonds is 4. The molecule has 0 radical (unpaired) electrons. The van der Waals surface area contributed by atoms with Gasteiger partial charge in [0.1, 0.15) is 5.75 Å². The van der Waals surface area contributed by atoms with Crippen LogP contribution >= 0.6 is 15.9 Å². The van der Waals surface area contributed by atoms with E-state index >= 15 is 0 Å². The minimum Gasteiger partial charge on any atom is -0.496 e. The van der Waals surface area contributed by atoms with E-state index in [-0.39, 0.29) is 5.92 Å². The molecule has 1 rings (SSSR count). The molecule has 0 amide bonds. The van der Waals surface area contributed by atoms with Gasteiger partial charge in [-0.3, -0.25) is 0 Å². The summed E-state index contributed by atoms with van der Waals surface area (Å²) in [5.41, 5.74) is 1.07. The highest BCUT2D eigenvalue weighted by atomic mass is 79.9. The summed E-state index contributed by atoms with van der Waals surface area (Å²) in [5.74, 6) is -0.640. The minimum absolute atomic E-state index is 0.0575. The zero-order valence-electron chi connectivity index (χ0n) is 9.90. The number of carbonyl (C=O) groups is 1. The number of methoxy groups -OCH3 is 1. The summed E-state index contributed by atoms with van der Waals surface area (Å²) in [5, 5.41) is 18.6. The lowest BCUT2D eigenvalue weighted by atomic mass is 9.93. The Morgan fingerprint density at radius 3 is 2.41 bits per heavy atom. The second kappa shape index (κ2) is 5.51. The lowest BCUT2D eigenvalue weighted by molar-refractivity contribution is -0.147. The van der Waals surface area contributed by atoms with Crippen LogP contribution in [-0.2, 0) is 4.79 Å². The van der Waals surface area contributed by atoms with Crippen molar-refractivity contribution < 1.29 is 19.7 Å². The minimum atomic E-state index is -1.54. The van der Waals surface area contributed by atoms with Crippen LogP contribution < -0.4 is 4.74 Å². The molecule has 1 aromatic rings. The van der Waals surface area contributed by atoms with Crippen LogP contribution in [-0.4, -0.2) is 23.3 Å². The van der Waals surface area contributed by atoms with Gasteiger partial charge >= 0.3 is 5.97 Å². The lowest BCUT2D eigenvalue weighted by Gasteiger charge is -2.19. The molecule has 0 fully saturated rings. The number of carboxylic acids is 1. The van der Waals surface area contributed by atoms with Gasteiger partial charge in [0, 0.05) is 10.0 Å². The third kappa shape index (κ3) is 2.98. The van der Waals surface area contributed by atoms with Gasteiger partial charge in [-0.05, 0) is 23.6 Å². The molecule has 0 aliphatic heterocycles. The van der Waals surface area contributed by atoms with Gasteiger partial charge in [0.05, 0.1) is 7.11 Å². The van der Waals surface area contributed by atoms with E-state index in [9.17, 15) is 9.90 Å². The van der Waals surface area contributed by atoms with E-state index in [1.807, 2.05) is 13.8 Å². The number of hydrogen-bond acceptors (Lipinski definition) is 3. The van der Waals surface area contributed by atoms with Crippen LogP contribution in [0.5, 0.6) is 5.75 Å². The van der Waals surface area contributed by atoms with Crippen molar-refractivity contribution in [2.75, 3.05) is 7.11 Å². The van der Waals surface area contributed by atoms with E-state index < -0.39 is 12.1 Å². The summed E-state index contributed by atoms with van der Waals surface area (Å²) in [6, 6.07) is 3.37. The van der Waals surface area contributed by atoms with Crippen LogP contribution in [0.1, 0.15) is 37.0 Å². The Morgan fingerprint density at radius 2 is 2.00 bits per heavy atom. The van der Waals surface area contributed by atoms with E-state index in [0.717, 1.165) is 0 Å². The maximum atomic E-state index is 10.9. The quantitative estimate of drug-likeness (QED) is 0.897. The first-order chi connectivity index (χ1) is 7.88. The fourth-order valence-corrected chi connectivity index (χ4v) is 2.21. The van der Waals surface area contributed by atoms with Crippen molar-refractivity contribution in [2.45, 2.75) is 25.9 Å². The Kier molecular flexibility index (Phi) is 4.54. The molecule has 0 saturated carbocycles. The van der Waals surface area contributed by atoms with Crippen molar-refractivity contribution >= 4 is 21.9 Å². The molecule has 4 nitrogen and oxygen atoms in total. The third-order valence-corrected chi connectivity index (χ3v) is 2.92. The first-order valence-corrected chi connectivity index (χ1v) is 5.96. The molecule has 1 aromatic carbocycles. The van der Waals surface area contributed by atoms with Crippen molar-refractivity contribution in [3.8, 4) is 5.75 Å². The molecule has 1 atom stereocenters. The van der Waals surface area contributed by atoms with E-state index in [1.54, 1.807) is 12.1 Å². The fourth-order valence-electron chi connectivity index (χ4n) is 1.76. The molecule has 17 heavy (non-hydrogen) atoms. The molecule has 94 valence electrons. The topological polar surface area (TPSA) is 66.8 Å². The molecule has 0 aliphatic carbocycles. The van der Waals surface area contributed by atoms with Crippen LogP contribution in [0.2, 0.25) is 0 Å². The van der Waals surface area contributed by atoms with Gasteiger partial charge in [0.2, 0.25) is 0 Å². The van der Waals surface area contributed by atoms with Gasteiger partial charge in [0.15, 0.2) is 6.10 Å². The van der Waals surface area contributed by atoms with Gasteiger partial charge in [-0.25, -0.2) is 4.79 Å². The summed E-state index contributed by atoms with van der Waals surface area (Å²) in [6.07, 6.45) is -1.54. The van der Waals surface area contributed by atoms with Crippen LogP contribution in [0, 0.1) is 0 Å². The molecule has 0 aliphatic rings. The average Bonchev–Trinajstić information content (AvgIpc) is 2.25. The summed E-state index contributed by atoms with van der Waals surface area (Å²) in [6.45, 7) is 3.84. The first kappa shape index (κ1) is 14.0. The predicted molar refractivity (Wildman–Crippen MR) is 67.4 cm³/mol. The highest BCUT2D eigenvalue weighted by Crippen LogP contribution is 2.36. The predicted octanol–water partition coefficient (Wildman–Crippen LogP) is 2.70. The Labute approximate surface area is 108 Å². The Hall–Kier alpha value is -1.07. The number of aliphatic carboxylic acids is 1. The van der Waals surface area contributed by atoms with Gasteiger partial charge in [-0.2, -0.15) is 0 Å². The fraction of sp³-hybridized carbons (Fsp3) is 0.417. The highest BCUT2D eigenvalue weighted by Gasteiger charge is 2.24. The molecule has 0 spiro atoms. The molecule has 0 bridgehead atoms. The number of halogens is 1. The molecule has 2 N–H and O–H groups in total. The summed E-state index contributed by atoms with van der Waals surface area (Å²) < 4.78 is 5.90. The van der Waals surface area contributed by atoms with Gasteiger partial charge in [-0.15, -0.1) is 0 Å². The van der Waals surface area contributed by atoms with Crippen LogP contribution in [0.15, 0.2) is 16.6 Å². The largest absolute Gasteiger partial charge is 0.496 e. The molecule has 5 heteroatoms. The van der Waals surface area contributed by atoms with E-state index in [0.29, 0.717) is 21.3 Å². The van der Waals surface area contributed by atoms with E-state index in [2.05, 4.69) is 15.9 Å². The van der Waals surface area contributed by atoms with Gasteiger partial charge in [0.25, 0.3) is 0 Å². The molecule has 0 heterocycles. The SMILES string of the molecule is COc1cc(Br)cc(C(O)C(=O)O)c1C(C)C. The summed E-state index contributed by atoms with van der Waals surface area (Å²) >= 11 is 3.27. The van der Waals surface area contributed by atoms with Crippen molar-refractivity contribution in [1.82, 2.24) is 0 Å². The number of aliphatic hydroxyl groups excluding tert-OH is 1. The molecule has 0 saturated heterocycles. The Bertz CT molecular complexity index is 429. The van der Waals surface area contributed by atoms with Crippen LogP contribution in [0.3, 0.4) is 0 Å². The van der Waals surface area contributed by atoms with Crippen LogP contribution in [0.4, 0.5) is 0 Å². The highest BCUT2D eigenvalue weighted by molar-refractivity contribution is 9.10. The Balaban J connectivity index is 3.45. The normalized spacial score (nSPS) is 12.6. The second-order valence-electron chi connectivity index (χ2n) is 4.01. The van der Waals surface area contributed by atoms with Crippen molar-refractivity contribution in [3.05, 3.63) is 27.7 Å². The van der Waals surface area contributed by atoms with Crippen molar-refractivity contribution in [2.24, 2.45) is 0 Å². The maximum absolute atomic E-state index is 10.9. The van der Waals surface area contributed by atoms with Crippen LogP contribution in [0.25, 0.3) is 0 Å². The molecule has 0 aromatic heterocycles. The number of carboxylic acid groups (broad SMARTS) is 1. The van der Waals surface area contributed by atoms with Crippen molar-refractivity contribution in [3.63, 3.8) is 0 Å². The summed E-state index contributed by atoms with van der Waals surface area (Å²) in [7, 11) is 1.52. The van der Waals surface area contributed by atoms with E-state index in [4.69, 9.17) is 9.84 Å². The van der Waals surface area contributed by atoms with Gasteiger partial charge in [-0.1, -0.05) is 29.8 Å². The standard InChI is InChI=1S/C12H15BrO4/c1-6(2)10-8(11(14)12(15)16)4-7(13)5-9(10)17-3/h4-6,11,14H,1-3H3,(H,15,16). The smallest absolute Gasteiger partial charge is 0.337 e. The third-order valence-electron chi connectivity index (χ3n) is 2.46. The zero-order valence-corrected chi connectivity index (χ0v) is 11.5. The molecular formula is C12H15BrO4. The number of benzene rings is 1. The molecular weight excluding hydrogens is 288 g/mol. The zero-order chi connectivity index (χ0) is 13.2. The number of hydrogen-bond donors (Lipinski definition) is 2. The number of aliphatic hydroxyl groups is 1. The summed E-state index contributed by atoms with van der Waals surface area (Å²) in [4.78, 5) is 10.9. The second-order valence-corrected chi connectivity index (χ2v) is 4.92. The van der Waals surface area contributed by atoms with Crippen molar-refractivity contribution in [1.29, 1.82) is 0 Å². The van der Waals surface area contributed by atoms with E-state index in [1.165, 1.54) is 7.11 Å². The lowest BCUT2D eigenvalue weighted by Crippen LogP contribution is -2.14. The average molecular weight is 303 g/mol. The monoisotopic (exact) mass is 302 g/mol. The Morgan fingerprint density at radius 1 is 1.41 bits per heavy atom. The maximum Gasteiger partial charge on any atom is 0.337 e. The van der Waals surface area contributed by atoms with Gasteiger partial charge < -0.3 is 14.9 Å².